The normalized spacial score (nSPS) is 22.2. The number of benzene rings is 1. The average Bonchev–Trinajstić information content (AvgIpc) is 2.51. The van der Waals surface area contributed by atoms with Crippen molar-refractivity contribution in [2.45, 2.75) is 39.3 Å². The maximum atomic E-state index is 12.8. The van der Waals surface area contributed by atoms with Crippen LogP contribution >= 0.6 is 0 Å². The molecule has 1 aliphatic heterocycles. The van der Waals surface area contributed by atoms with Crippen LogP contribution in [0.25, 0.3) is 0 Å². The van der Waals surface area contributed by atoms with Crippen molar-refractivity contribution in [2.24, 2.45) is 11.3 Å². The number of amides is 1. The molecule has 3 rings (SSSR count). The van der Waals surface area contributed by atoms with Gasteiger partial charge in [0.25, 0.3) is 0 Å². The second-order valence-electron chi connectivity index (χ2n) is 7.58. The summed E-state index contributed by atoms with van der Waals surface area (Å²) in [6.45, 7) is 3.71. The molecule has 5 nitrogen and oxygen atoms in total. The molecule has 0 aromatic heterocycles. The van der Waals surface area contributed by atoms with E-state index < -0.39 is 34.9 Å². The van der Waals surface area contributed by atoms with Crippen LogP contribution in [-0.2, 0) is 25.3 Å². The Bertz CT molecular complexity index is 855. The van der Waals surface area contributed by atoms with Gasteiger partial charge in [0.05, 0.1) is 17.9 Å². The average molecular weight is 381 g/mol. The highest BCUT2D eigenvalue weighted by Gasteiger charge is 2.44. The van der Waals surface area contributed by atoms with Crippen molar-refractivity contribution in [1.29, 1.82) is 0 Å². The largest absolute Gasteiger partial charge is 0.431 e. The van der Waals surface area contributed by atoms with Gasteiger partial charge in [0, 0.05) is 24.1 Å². The summed E-state index contributed by atoms with van der Waals surface area (Å²) in [7, 11) is 0. The standard InChI is InChI=1S/C19H18F3NO4/c1-18(2)8-13(24)16-12(7-15(25)27-14(16)9-18)17(26)23-11-5-3-4-10(6-11)19(20,21)22/h3-6,12H,7-9H2,1-2H3,(H,23,26)/t12-/m1/s1. The van der Waals surface area contributed by atoms with Gasteiger partial charge in [-0.25, -0.2) is 0 Å². The summed E-state index contributed by atoms with van der Waals surface area (Å²) in [6, 6.07) is 4.18. The minimum Gasteiger partial charge on any atom is -0.431 e. The topological polar surface area (TPSA) is 72.5 Å². The molecule has 1 aromatic rings. The molecule has 1 atom stereocenters. The number of rotatable bonds is 2. The van der Waals surface area contributed by atoms with E-state index >= 15 is 0 Å². The van der Waals surface area contributed by atoms with Gasteiger partial charge in [0.2, 0.25) is 5.91 Å². The van der Waals surface area contributed by atoms with E-state index in [0.29, 0.717) is 6.42 Å². The van der Waals surface area contributed by atoms with E-state index in [-0.39, 0.29) is 35.6 Å². The third kappa shape index (κ3) is 4.04. The highest BCUT2D eigenvalue weighted by atomic mass is 19.4. The zero-order chi connectivity index (χ0) is 20.0. The lowest BCUT2D eigenvalue weighted by molar-refractivity contribution is -0.146. The fourth-order valence-corrected chi connectivity index (χ4v) is 3.43. The zero-order valence-electron chi connectivity index (χ0n) is 14.8. The molecule has 1 N–H and O–H groups in total. The van der Waals surface area contributed by atoms with Gasteiger partial charge in [-0.3, -0.25) is 14.4 Å². The first-order valence-corrected chi connectivity index (χ1v) is 8.41. The number of hydrogen-bond donors (Lipinski definition) is 1. The summed E-state index contributed by atoms with van der Waals surface area (Å²) >= 11 is 0. The molecular weight excluding hydrogens is 363 g/mol. The number of halogens is 3. The molecule has 0 radical (unpaired) electrons. The van der Waals surface area contributed by atoms with E-state index in [0.717, 1.165) is 12.1 Å². The molecule has 1 aromatic carbocycles. The predicted octanol–water partition coefficient (Wildman–Crippen LogP) is 3.85. The van der Waals surface area contributed by atoms with E-state index in [1.54, 1.807) is 0 Å². The second kappa shape index (κ2) is 6.51. The van der Waals surface area contributed by atoms with Gasteiger partial charge in [-0.1, -0.05) is 19.9 Å². The van der Waals surface area contributed by atoms with E-state index in [4.69, 9.17) is 4.74 Å². The van der Waals surface area contributed by atoms with Gasteiger partial charge in [-0.2, -0.15) is 13.2 Å². The molecule has 0 saturated carbocycles. The van der Waals surface area contributed by atoms with Crippen molar-refractivity contribution >= 4 is 23.3 Å². The minimum absolute atomic E-state index is 0.0560. The van der Waals surface area contributed by atoms with Crippen LogP contribution in [0.1, 0.15) is 38.7 Å². The quantitative estimate of drug-likeness (QED) is 0.790. The summed E-state index contributed by atoms with van der Waals surface area (Å²) < 4.78 is 43.7. The van der Waals surface area contributed by atoms with E-state index in [9.17, 15) is 27.6 Å². The van der Waals surface area contributed by atoms with Crippen molar-refractivity contribution < 1.29 is 32.3 Å². The van der Waals surface area contributed by atoms with Crippen LogP contribution in [0.5, 0.6) is 0 Å². The summed E-state index contributed by atoms with van der Waals surface area (Å²) in [4.78, 5) is 37.1. The Morgan fingerprint density at radius 3 is 2.59 bits per heavy atom. The fourth-order valence-electron chi connectivity index (χ4n) is 3.43. The molecule has 1 heterocycles. The van der Waals surface area contributed by atoms with Crippen molar-refractivity contribution in [3.05, 3.63) is 41.2 Å². The molecule has 1 aliphatic carbocycles. The Hall–Kier alpha value is -2.64. The number of carbonyl (C=O) groups excluding carboxylic acids is 3. The van der Waals surface area contributed by atoms with Gasteiger partial charge in [-0.05, 0) is 23.6 Å². The SMILES string of the molecule is CC1(C)CC(=O)C2=C(C1)OC(=O)C[C@H]2C(=O)Nc1cccc(C(F)(F)F)c1. The number of esters is 1. The summed E-state index contributed by atoms with van der Waals surface area (Å²) in [5, 5.41) is 2.39. The van der Waals surface area contributed by atoms with Crippen LogP contribution in [-0.4, -0.2) is 17.7 Å². The first-order chi connectivity index (χ1) is 12.5. The van der Waals surface area contributed by atoms with Crippen molar-refractivity contribution in [2.75, 3.05) is 5.32 Å². The number of ether oxygens (including phenoxy) is 1. The van der Waals surface area contributed by atoms with E-state index in [1.807, 2.05) is 13.8 Å². The summed E-state index contributed by atoms with van der Waals surface area (Å²) in [6.07, 6.45) is -4.32. The van der Waals surface area contributed by atoms with Crippen molar-refractivity contribution in [1.82, 2.24) is 0 Å². The molecule has 0 bridgehead atoms. The lowest BCUT2D eigenvalue weighted by Gasteiger charge is -2.36. The lowest BCUT2D eigenvalue weighted by atomic mass is 9.72. The highest BCUT2D eigenvalue weighted by molar-refractivity contribution is 6.08. The third-order valence-electron chi connectivity index (χ3n) is 4.61. The van der Waals surface area contributed by atoms with Gasteiger partial charge >= 0.3 is 12.1 Å². The van der Waals surface area contributed by atoms with Crippen molar-refractivity contribution in [3.63, 3.8) is 0 Å². The molecule has 0 spiro atoms. The molecule has 8 heteroatoms. The first-order valence-electron chi connectivity index (χ1n) is 8.41. The van der Waals surface area contributed by atoms with Crippen molar-refractivity contribution in [3.8, 4) is 0 Å². The molecule has 1 amide bonds. The Morgan fingerprint density at radius 1 is 1.22 bits per heavy atom. The van der Waals surface area contributed by atoms with E-state index in [1.165, 1.54) is 12.1 Å². The molecule has 27 heavy (non-hydrogen) atoms. The maximum Gasteiger partial charge on any atom is 0.416 e. The molecule has 144 valence electrons. The number of Topliss-reactive ketones (excluding diaryl/α,β-unsaturated/α-hetero) is 1. The number of anilines is 1. The Balaban J connectivity index is 1.88. The third-order valence-corrected chi connectivity index (χ3v) is 4.61. The van der Waals surface area contributed by atoms with Gasteiger partial charge in [-0.15, -0.1) is 0 Å². The smallest absolute Gasteiger partial charge is 0.416 e. The molecule has 0 saturated heterocycles. The Morgan fingerprint density at radius 2 is 1.93 bits per heavy atom. The first kappa shape index (κ1) is 19.1. The summed E-state index contributed by atoms with van der Waals surface area (Å²) in [5.41, 5.74) is -1.20. The zero-order valence-corrected chi connectivity index (χ0v) is 14.8. The number of carbonyl (C=O) groups is 3. The van der Waals surface area contributed by atoms with Crippen LogP contribution in [0.3, 0.4) is 0 Å². The maximum absolute atomic E-state index is 12.8. The Kier molecular flexibility index (Phi) is 4.61. The number of hydrogen-bond acceptors (Lipinski definition) is 4. The lowest BCUT2D eigenvalue weighted by Crippen LogP contribution is -2.39. The van der Waals surface area contributed by atoms with Gasteiger partial charge < -0.3 is 10.1 Å². The monoisotopic (exact) mass is 381 g/mol. The highest BCUT2D eigenvalue weighted by Crippen LogP contribution is 2.43. The number of nitrogens with one attached hydrogen (secondary N) is 1. The number of alkyl halides is 3. The van der Waals surface area contributed by atoms with Gasteiger partial charge in [0.1, 0.15) is 5.76 Å². The van der Waals surface area contributed by atoms with Crippen LogP contribution in [0, 0.1) is 11.3 Å². The van der Waals surface area contributed by atoms with Crippen LogP contribution in [0.2, 0.25) is 0 Å². The van der Waals surface area contributed by atoms with Crippen LogP contribution in [0.4, 0.5) is 18.9 Å². The molecule has 0 unspecified atom stereocenters. The second-order valence-corrected chi connectivity index (χ2v) is 7.58. The molecule has 2 aliphatic rings. The number of allylic oxidation sites excluding steroid dienone is 1. The Labute approximate surface area is 153 Å². The van der Waals surface area contributed by atoms with Crippen LogP contribution < -0.4 is 5.32 Å². The molecular formula is C19H18F3NO4. The predicted molar refractivity (Wildman–Crippen MR) is 89.3 cm³/mol. The number of ketones is 1. The van der Waals surface area contributed by atoms with Gasteiger partial charge in [0.15, 0.2) is 5.78 Å². The fraction of sp³-hybridized carbons (Fsp3) is 0.421. The van der Waals surface area contributed by atoms with E-state index in [2.05, 4.69) is 5.32 Å². The molecule has 0 fully saturated rings. The summed E-state index contributed by atoms with van der Waals surface area (Å²) in [5.74, 6) is -2.50. The van der Waals surface area contributed by atoms with Crippen LogP contribution in [0.15, 0.2) is 35.6 Å². The minimum atomic E-state index is -4.55.